The second kappa shape index (κ2) is 6.42. The first-order valence-corrected chi connectivity index (χ1v) is 7.76. The van der Waals surface area contributed by atoms with Crippen LogP contribution in [-0.4, -0.2) is 12.1 Å². The zero-order chi connectivity index (χ0) is 13.7. The van der Waals surface area contributed by atoms with Gasteiger partial charge in [-0.25, -0.2) is 0 Å². The lowest BCUT2D eigenvalue weighted by Gasteiger charge is -2.42. The summed E-state index contributed by atoms with van der Waals surface area (Å²) in [6.07, 6.45) is 5.82. The number of ether oxygens (including phenoxy) is 1. The van der Waals surface area contributed by atoms with Crippen molar-refractivity contribution >= 4 is 0 Å². The highest BCUT2D eigenvalue weighted by Crippen LogP contribution is 2.43. The summed E-state index contributed by atoms with van der Waals surface area (Å²) >= 11 is 0. The number of nitrogens with one attached hydrogen (secondary N) is 1. The SMILES string of the molecule is CCCCC1(CC)CC(NCC)c2ccccc2O1. The van der Waals surface area contributed by atoms with Crippen molar-refractivity contribution in [2.45, 2.75) is 64.5 Å². The van der Waals surface area contributed by atoms with Gasteiger partial charge >= 0.3 is 0 Å². The van der Waals surface area contributed by atoms with Gasteiger partial charge in [-0.2, -0.15) is 0 Å². The highest BCUT2D eigenvalue weighted by molar-refractivity contribution is 5.38. The lowest BCUT2D eigenvalue weighted by Crippen LogP contribution is -2.43. The third-order valence-electron chi connectivity index (χ3n) is 4.28. The molecule has 0 saturated carbocycles. The van der Waals surface area contributed by atoms with Gasteiger partial charge < -0.3 is 10.1 Å². The van der Waals surface area contributed by atoms with Crippen LogP contribution in [0.5, 0.6) is 5.75 Å². The maximum Gasteiger partial charge on any atom is 0.124 e. The van der Waals surface area contributed by atoms with Crippen LogP contribution < -0.4 is 10.1 Å². The molecule has 2 atom stereocenters. The van der Waals surface area contributed by atoms with E-state index in [4.69, 9.17) is 4.74 Å². The normalized spacial score (nSPS) is 25.7. The molecule has 0 aromatic heterocycles. The Hall–Kier alpha value is -1.02. The minimum absolute atomic E-state index is 0.0250. The zero-order valence-electron chi connectivity index (χ0n) is 12.5. The molecule has 2 heteroatoms. The predicted molar refractivity (Wildman–Crippen MR) is 80.7 cm³/mol. The summed E-state index contributed by atoms with van der Waals surface area (Å²) in [5.74, 6) is 1.08. The second-order valence-corrected chi connectivity index (χ2v) is 5.59. The summed E-state index contributed by atoms with van der Waals surface area (Å²) in [7, 11) is 0. The van der Waals surface area contributed by atoms with Gasteiger partial charge in [-0.15, -0.1) is 0 Å². The number of rotatable bonds is 6. The maximum atomic E-state index is 6.41. The van der Waals surface area contributed by atoms with Crippen LogP contribution in [0.2, 0.25) is 0 Å². The molecule has 1 aliphatic rings. The van der Waals surface area contributed by atoms with Crippen LogP contribution in [-0.2, 0) is 0 Å². The number of fused-ring (bicyclic) bond motifs is 1. The van der Waals surface area contributed by atoms with Crippen molar-refractivity contribution in [3.05, 3.63) is 29.8 Å². The van der Waals surface area contributed by atoms with E-state index in [-0.39, 0.29) is 5.60 Å². The monoisotopic (exact) mass is 261 g/mol. The lowest BCUT2D eigenvalue weighted by molar-refractivity contribution is 0.0168. The molecule has 1 aliphatic heterocycles. The molecule has 106 valence electrons. The first-order valence-electron chi connectivity index (χ1n) is 7.76. The van der Waals surface area contributed by atoms with Crippen LogP contribution in [0.3, 0.4) is 0 Å². The molecule has 0 aliphatic carbocycles. The van der Waals surface area contributed by atoms with E-state index in [0.717, 1.165) is 31.6 Å². The molecule has 1 N–H and O–H groups in total. The predicted octanol–water partition coefficient (Wildman–Crippen LogP) is 4.46. The quantitative estimate of drug-likeness (QED) is 0.816. The van der Waals surface area contributed by atoms with E-state index in [2.05, 4.69) is 50.4 Å². The van der Waals surface area contributed by atoms with E-state index in [9.17, 15) is 0 Å². The van der Waals surface area contributed by atoms with Crippen LogP contribution in [0.15, 0.2) is 24.3 Å². The summed E-state index contributed by atoms with van der Waals surface area (Å²) in [5, 5.41) is 3.63. The molecule has 0 radical (unpaired) electrons. The second-order valence-electron chi connectivity index (χ2n) is 5.59. The first-order chi connectivity index (χ1) is 9.24. The van der Waals surface area contributed by atoms with E-state index in [1.807, 2.05) is 0 Å². The van der Waals surface area contributed by atoms with Crippen molar-refractivity contribution in [3.8, 4) is 5.75 Å². The van der Waals surface area contributed by atoms with Gasteiger partial charge in [0.15, 0.2) is 0 Å². The molecular weight excluding hydrogens is 234 g/mol. The number of unbranched alkanes of at least 4 members (excludes halogenated alkanes) is 1. The Morgan fingerprint density at radius 1 is 1.26 bits per heavy atom. The summed E-state index contributed by atoms with van der Waals surface area (Å²) < 4.78 is 6.41. The molecule has 0 fully saturated rings. The van der Waals surface area contributed by atoms with Crippen LogP contribution in [0, 0.1) is 0 Å². The molecule has 2 rings (SSSR count). The highest BCUT2D eigenvalue weighted by Gasteiger charge is 2.38. The van der Waals surface area contributed by atoms with Gasteiger partial charge in [-0.05, 0) is 31.9 Å². The topological polar surface area (TPSA) is 21.3 Å². The van der Waals surface area contributed by atoms with Crippen molar-refractivity contribution in [1.29, 1.82) is 0 Å². The minimum Gasteiger partial charge on any atom is -0.487 e. The van der Waals surface area contributed by atoms with E-state index in [1.54, 1.807) is 0 Å². The maximum absolute atomic E-state index is 6.41. The molecule has 2 unspecified atom stereocenters. The van der Waals surface area contributed by atoms with Crippen molar-refractivity contribution in [2.75, 3.05) is 6.54 Å². The molecule has 1 aromatic rings. The molecule has 0 saturated heterocycles. The van der Waals surface area contributed by atoms with Gasteiger partial charge in [0.1, 0.15) is 11.4 Å². The average Bonchev–Trinajstić information content (AvgIpc) is 2.45. The molecular formula is C17H27NO. The molecule has 1 aromatic carbocycles. The van der Waals surface area contributed by atoms with E-state index < -0.39 is 0 Å². The zero-order valence-corrected chi connectivity index (χ0v) is 12.5. The van der Waals surface area contributed by atoms with Gasteiger partial charge in [-0.3, -0.25) is 0 Å². The number of hydrogen-bond donors (Lipinski definition) is 1. The Kier molecular flexibility index (Phi) is 4.87. The van der Waals surface area contributed by atoms with Crippen LogP contribution >= 0.6 is 0 Å². The van der Waals surface area contributed by atoms with Crippen LogP contribution in [0.4, 0.5) is 0 Å². The highest BCUT2D eigenvalue weighted by atomic mass is 16.5. The fraction of sp³-hybridized carbons (Fsp3) is 0.647. The average molecular weight is 261 g/mol. The Morgan fingerprint density at radius 3 is 2.74 bits per heavy atom. The van der Waals surface area contributed by atoms with Gasteiger partial charge in [-0.1, -0.05) is 45.4 Å². The fourth-order valence-corrected chi connectivity index (χ4v) is 3.09. The number of hydrogen-bond acceptors (Lipinski definition) is 2. The van der Waals surface area contributed by atoms with E-state index in [1.165, 1.54) is 18.4 Å². The van der Waals surface area contributed by atoms with Crippen LogP contribution in [0.1, 0.15) is 64.5 Å². The number of benzene rings is 1. The molecule has 19 heavy (non-hydrogen) atoms. The van der Waals surface area contributed by atoms with E-state index >= 15 is 0 Å². The molecule has 0 amide bonds. The molecule has 0 bridgehead atoms. The standard InChI is InChI=1S/C17H27NO/c1-4-7-12-17(5-2)13-15(18-6-3)14-10-8-9-11-16(14)19-17/h8-11,15,18H,4-7,12-13H2,1-3H3. The van der Waals surface area contributed by atoms with Crippen molar-refractivity contribution < 1.29 is 4.74 Å². The van der Waals surface area contributed by atoms with Crippen LogP contribution in [0.25, 0.3) is 0 Å². The Morgan fingerprint density at radius 2 is 2.05 bits per heavy atom. The smallest absolute Gasteiger partial charge is 0.124 e. The molecule has 0 spiro atoms. The molecule has 2 nitrogen and oxygen atoms in total. The third kappa shape index (κ3) is 3.11. The Bertz CT molecular complexity index is 404. The Labute approximate surface area is 117 Å². The first kappa shape index (κ1) is 14.4. The Balaban J connectivity index is 2.27. The van der Waals surface area contributed by atoms with Gasteiger partial charge in [0.05, 0.1) is 0 Å². The number of para-hydroxylation sites is 1. The fourth-order valence-electron chi connectivity index (χ4n) is 3.09. The van der Waals surface area contributed by atoms with Crippen molar-refractivity contribution in [1.82, 2.24) is 5.32 Å². The summed E-state index contributed by atoms with van der Waals surface area (Å²) in [6, 6.07) is 8.94. The van der Waals surface area contributed by atoms with Crippen molar-refractivity contribution in [2.24, 2.45) is 0 Å². The van der Waals surface area contributed by atoms with Gasteiger partial charge in [0.2, 0.25) is 0 Å². The summed E-state index contributed by atoms with van der Waals surface area (Å²) in [5.41, 5.74) is 1.35. The third-order valence-corrected chi connectivity index (χ3v) is 4.28. The minimum atomic E-state index is 0.0250. The van der Waals surface area contributed by atoms with Gasteiger partial charge in [0.25, 0.3) is 0 Å². The van der Waals surface area contributed by atoms with Crippen molar-refractivity contribution in [3.63, 3.8) is 0 Å². The lowest BCUT2D eigenvalue weighted by atomic mass is 9.82. The van der Waals surface area contributed by atoms with Gasteiger partial charge in [0, 0.05) is 18.0 Å². The molecule has 1 heterocycles. The summed E-state index contributed by atoms with van der Waals surface area (Å²) in [6.45, 7) is 7.69. The van der Waals surface area contributed by atoms with E-state index in [0.29, 0.717) is 6.04 Å². The largest absolute Gasteiger partial charge is 0.487 e. The summed E-state index contributed by atoms with van der Waals surface area (Å²) in [4.78, 5) is 0.